The van der Waals surface area contributed by atoms with E-state index < -0.39 is 5.97 Å². The predicted octanol–water partition coefficient (Wildman–Crippen LogP) is 2.35. The van der Waals surface area contributed by atoms with Crippen LogP contribution in [0.15, 0.2) is 22.8 Å². The van der Waals surface area contributed by atoms with Crippen molar-refractivity contribution < 1.29 is 14.3 Å². The maximum absolute atomic E-state index is 11.2. The molecule has 1 heterocycles. The van der Waals surface area contributed by atoms with E-state index in [0.29, 0.717) is 6.54 Å². The second-order valence-corrected chi connectivity index (χ2v) is 4.79. The standard InChI is InChI=1S/C13H19NO3/c1-14(9-10-5-4-8-17-10)12-7-3-2-6-11(12)13(15)16/h4-5,8,11-12H,2-3,6-7,9H2,1H3,(H,15,16). The van der Waals surface area contributed by atoms with Crippen molar-refractivity contribution in [3.8, 4) is 0 Å². The maximum atomic E-state index is 11.2. The van der Waals surface area contributed by atoms with Crippen LogP contribution in [0, 0.1) is 5.92 Å². The number of carbonyl (C=O) groups is 1. The van der Waals surface area contributed by atoms with Gasteiger partial charge >= 0.3 is 5.97 Å². The van der Waals surface area contributed by atoms with Gasteiger partial charge in [0.2, 0.25) is 0 Å². The highest BCUT2D eigenvalue weighted by molar-refractivity contribution is 5.71. The Morgan fingerprint density at radius 3 is 2.94 bits per heavy atom. The Labute approximate surface area is 101 Å². The van der Waals surface area contributed by atoms with Gasteiger partial charge in [0.15, 0.2) is 0 Å². The SMILES string of the molecule is CN(Cc1ccco1)C1CCCCC1C(=O)O. The van der Waals surface area contributed by atoms with E-state index in [1.807, 2.05) is 19.2 Å². The quantitative estimate of drug-likeness (QED) is 0.873. The average molecular weight is 237 g/mol. The van der Waals surface area contributed by atoms with E-state index in [1.165, 1.54) is 0 Å². The van der Waals surface area contributed by atoms with Crippen LogP contribution < -0.4 is 0 Å². The Kier molecular flexibility index (Phi) is 3.84. The molecule has 4 heteroatoms. The first-order valence-electron chi connectivity index (χ1n) is 6.14. The van der Waals surface area contributed by atoms with Crippen LogP contribution in [0.5, 0.6) is 0 Å². The molecule has 1 aliphatic carbocycles. The van der Waals surface area contributed by atoms with Gasteiger partial charge in [0.05, 0.1) is 18.7 Å². The molecule has 1 aromatic rings. The molecule has 0 aromatic carbocycles. The second kappa shape index (κ2) is 5.36. The monoisotopic (exact) mass is 237 g/mol. The van der Waals surface area contributed by atoms with E-state index in [1.54, 1.807) is 6.26 Å². The van der Waals surface area contributed by atoms with Crippen LogP contribution in [0.3, 0.4) is 0 Å². The van der Waals surface area contributed by atoms with Crippen molar-refractivity contribution in [2.24, 2.45) is 5.92 Å². The third-order valence-electron chi connectivity index (χ3n) is 3.60. The normalized spacial score (nSPS) is 25.1. The number of furan rings is 1. The number of hydrogen-bond acceptors (Lipinski definition) is 3. The summed E-state index contributed by atoms with van der Waals surface area (Å²) in [6.07, 6.45) is 5.56. The molecule has 94 valence electrons. The number of hydrogen-bond donors (Lipinski definition) is 1. The molecule has 0 saturated heterocycles. The Balaban J connectivity index is 2.00. The van der Waals surface area contributed by atoms with Gasteiger partial charge in [0, 0.05) is 6.04 Å². The van der Waals surface area contributed by atoms with Crippen LogP contribution >= 0.6 is 0 Å². The van der Waals surface area contributed by atoms with Crippen molar-refractivity contribution in [1.82, 2.24) is 4.90 Å². The van der Waals surface area contributed by atoms with Crippen LogP contribution in [0.4, 0.5) is 0 Å². The summed E-state index contributed by atoms with van der Waals surface area (Å²) in [5.41, 5.74) is 0. The Hall–Kier alpha value is -1.29. The van der Waals surface area contributed by atoms with Gasteiger partial charge in [-0.1, -0.05) is 12.8 Å². The first-order chi connectivity index (χ1) is 8.18. The minimum Gasteiger partial charge on any atom is -0.481 e. The molecule has 1 aliphatic rings. The fourth-order valence-corrected chi connectivity index (χ4v) is 2.69. The van der Waals surface area contributed by atoms with Gasteiger partial charge in [-0.2, -0.15) is 0 Å². The van der Waals surface area contributed by atoms with Gasteiger partial charge in [0.25, 0.3) is 0 Å². The molecule has 2 unspecified atom stereocenters. The Bertz CT molecular complexity index is 361. The molecule has 1 aromatic heterocycles. The molecule has 0 radical (unpaired) electrons. The number of aliphatic carboxylic acids is 1. The van der Waals surface area contributed by atoms with Crippen LogP contribution in [-0.2, 0) is 11.3 Å². The Morgan fingerprint density at radius 2 is 2.29 bits per heavy atom. The fourth-order valence-electron chi connectivity index (χ4n) is 2.69. The third kappa shape index (κ3) is 2.88. The number of carboxylic acids is 1. The van der Waals surface area contributed by atoms with Crippen LogP contribution in [0.25, 0.3) is 0 Å². The number of nitrogens with zero attached hydrogens (tertiary/aromatic N) is 1. The maximum Gasteiger partial charge on any atom is 0.308 e. The molecule has 0 aliphatic heterocycles. The summed E-state index contributed by atoms with van der Waals surface area (Å²) >= 11 is 0. The van der Waals surface area contributed by atoms with E-state index in [0.717, 1.165) is 31.4 Å². The average Bonchev–Trinajstić information content (AvgIpc) is 2.81. The van der Waals surface area contributed by atoms with E-state index in [4.69, 9.17) is 4.42 Å². The van der Waals surface area contributed by atoms with E-state index in [2.05, 4.69) is 4.90 Å². The molecule has 0 spiro atoms. The first kappa shape index (κ1) is 12.2. The summed E-state index contributed by atoms with van der Waals surface area (Å²) in [7, 11) is 1.98. The summed E-state index contributed by atoms with van der Waals surface area (Å²) in [6.45, 7) is 0.682. The lowest BCUT2D eigenvalue weighted by molar-refractivity contribution is -0.145. The van der Waals surface area contributed by atoms with E-state index >= 15 is 0 Å². The van der Waals surface area contributed by atoms with Crippen molar-refractivity contribution in [3.63, 3.8) is 0 Å². The first-order valence-corrected chi connectivity index (χ1v) is 6.14. The fraction of sp³-hybridized carbons (Fsp3) is 0.615. The molecule has 1 saturated carbocycles. The lowest BCUT2D eigenvalue weighted by atomic mass is 9.83. The zero-order chi connectivity index (χ0) is 12.3. The molecule has 4 nitrogen and oxygen atoms in total. The van der Waals surface area contributed by atoms with Gasteiger partial charge < -0.3 is 9.52 Å². The van der Waals surface area contributed by atoms with Crippen molar-refractivity contribution in [2.45, 2.75) is 38.3 Å². The molecule has 0 amide bonds. The molecular formula is C13H19NO3. The molecule has 2 atom stereocenters. The summed E-state index contributed by atoms with van der Waals surface area (Å²) in [5.74, 6) is -0.00748. The summed E-state index contributed by atoms with van der Waals surface area (Å²) < 4.78 is 5.30. The van der Waals surface area contributed by atoms with Gasteiger partial charge in [0.1, 0.15) is 5.76 Å². The third-order valence-corrected chi connectivity index (χ3v) is 3.60. The lowest BCUT2D eigenvalue weighted by Crippen LogP contribution is -2.43. The van der Waals surface area contributed by atoms with Crippen molar-refractivity contribution in [2.75, 3.05) is 7.05 Å². The second-order valence-electron chi connectivity index (χ2n) is 4.79. The summed E-state index contributed by atoms with van der Waals surface area (Å²) in [4.78, 5) is 13.3. The number of rotatable bonds is 4. The predicted molar refractivity (Wildman–Crippen MR) is 63.6 cm³/mol. The van der Waals surface area contributed by atoms with Gasteiger partial charge in [-0.3, -0.25) is 9.69 Å². The van der Waals surface area contributed by atoms with Crippen LogP contribution in [0.2, 0.25) is 0 Å². The van der Waals surface area contributed by atoms with E-state index in [9.17, 15) is 9.90 Å². The van der Waals surface area contributed by atoms with Gasteiger partial charge in [-0.05, 0) is 32.0 Å². The van der Waals surface area contributed by atoms with Crippen LogP contribution in [-0.4, -0.2) is 29.1 Å². The molecule has 2 rings (SSSR count). The Morgan fingerprint density at radius 1 is 1.53 bits per heavy atom. The summed E-state index contributed by atoms with van der Waals surface area (Å²) in [6, 6.07) is 3.92. The van der Waals surface area contributed by atoms with Crippen molar-refractivity contribution in [1.29, 1.82) is 0 Å². The topological polar surface area (TPSA) is 53.7 Å². The van der Waals surface area contributed by atoms with E-state index in [-0.39, 0.29) is 12.0 Å². The highest BCUT2D eigenvalue weighted by Crippen LogP contribution is 2.28. The van der Waals surface area contributed by atoms with Crippen molar-refractivity contribution in [3.05, 3.63) is 24.2 Å². The lowest BCUT2D eigenvalue weighted by Gasteiger charge is -2.35. The van der Waals surface area contributed by atoms with Gasteiger partial charge in [-0.25, -0.2) is 0 Å². The molecule has 1 N–H and O–H groups in total. The van der Waals surface area contributed by atoms with Gasteiger partial charge in [-0.15, -0.1) is 0 Å². The van der Waals surface area contributed by atoms with Crippen LogP contribution in [0.1, 0.15) is 31.4 Å². The minimum absolute atomic E-state index is 0.131. The summed E-state index contributed by atoms with van der Waals surface area (Å²) in [5, 5.41) is 9.23. The smallest absolute Gasteiger partial charge is 0.308 e. The van der Waals surface area contributed by atoms with Crippen molar-refractivity contribution >= 4 is 5.97 Å². The highest BCUT2D eigenvalue weighted by Gasteiger charge is 2.33. The zero-order valence-corrected chi connectivity index (χ0v) is 10.1. The number of carboxylic acid groups (broad SMARTS) is 1. The minimum atomic E-state index is -0.666. The molecular weight excluding hydrogens is 218 g/mol. The zero-order valence-electron chi connectivity index (χ0n) is 10.1. The molecule has 1 fully saturated rings. The largest absolute Gasteiger partial charge is 0.481 e. The molecule has 0 bridgehead atoms. The highest BCUT2D eigenvalue weighted by atomic mass is 16.4. The molecule has 17 heavy (non-hydrogen) atoms.